The summed E-state index contributed by atoms with van der Waals surface area (Å²) in [7, 11) is 0. The fourth-order valence-corrected chi connectivity index (χ4v) is 1.63. The van der Waals surface area contributed by atoms with Gasteiger partial charge in [-0.1, -0.05) is 0 Å². The van der Waals surface area contributed by atoms with Crippen LogP contribution in [0.25, 0.3) is 0 Å². The van der Waals surface area contributed by atoms with Gasteiger partial charge in [0.2, 0.25) is 0 Å². The number of nitrogens with one attached hydrogen (secondary N) is 1. The number of rotatable bonds is 6. The standard InChI is InChI=1S/C12H17N5/c1-11(12-10-13-6-7-15-12)14-4-2-8-17-9-3-5-16-17/h3,5-7,9-11,14H,2,4,8H2,1H3. The molecular formula is C12H17N5. The molecule has 0 bridgehead atoms. The van der Waals surface area contributed by atoms with Gasteiger partial charge in [-0.15, -0.1) is 0 Å². The Labute approximate surface area is 101 Å². The molecule has 5 heteroatoms. The predicted molar refractivity (Wildman–Crippen MR) is 65.3 cm³/mol. The second kappa shape index (κ2) is 6.10. The molecule has 0 saturated heterocycles. The fraction of sp³-hybridized carbons (Fsp3) is 0.417. The van der Waals surface area contributed by atoms with Crippen molar-refractivity contribution in [1.82, 2.24) is 25.1 Å². The lowest BCUT2D eigenvalue weighted by Crippen LogP contribution is -2.22. The van der Waals surface area contributed by atoms with Gasteiger partial charge >= 0.3 is 0 Å². The first kappa shape index (κ1) is 11.7. The van der Waals surface area contributed by atoms with Crippen molar-refractivity contribution >= 4 is 0 Å². The zero-order valence-electron chi connectivity index (χ0n) is 9.95. The summed E-state index contributed by atoms with van der Waals surface area (Å²) in [5, 5.41) is 7.58. The Kier molecular flexibility index (Phi) is 4.21. The molecule has 0 fully saturated rings. The molecule has 2 heterocycles. The van der Waals surface area contributed by atoms with E-state index in [9.17, 15) is 0 Å². The third kappa shape index (κ3) is 3.64. The van der Waals surface area contributed by atoms with Crippen molar-refractivity contribution in [1.29, 1.82) is 0 Å². The van der Waals surface area contributed by atoms with Crippen molar-refractivity contribution in [2.45, 2.75) is 25.9 Å². The Balaban J connectivity index is 1.68. The first-order chi connectivity index (χ1) is 8.36. The second-order valence-corrected chi connectivity index (χ2v) is 3.93. The van der Waals surface area contributed by atoms with Gasteiger partial charge in [0.1, 0.15) is 0 Å². The van der Waals surface area contributed by atoms with Gasteiger partial charge in [0.05, 0.1) is 5.69 Å². The highest BCUT2D eigenvalue weighted by atomic mass is 15.3. The second-order valence-electron chi connectivity index (χ2n) is 3.93. The quantitative estimate of drug-likeness (QED) is 0.764. The highest BCUT2D eigenvalue weighted by Crippen LogP contribution is 2.05. The number of nitrogens with zero attached hydrogens (tertiary/aromatic N) is 4. The number of hydrogen-bond acceptors (Lipinski definition) is 4. The Morgan fingerprint density at radius 2 is 2.29 bits per heavy atom. The van der Waals surface area contributed by atoms with Crippen molar-refractivity contribution in [2.24, 2.45) is 0 Å². The highest BCUT2D eigenvalue weighted by Gasteiger charge is 2.04. The monoisotopic (exact) mass is 231 g/mol. The van der Waals surface area contributed by atoms with E-state index in [2.05, 4.69) is 27.3 Å². The van der Waals surface area contributed by atoms with Crippen LogP contribution in [-0.4, -0.2) is 26.3 Å². The van der Waals surface area contributed by atoms with E-state index in [0.29, 0.717) is 0 Å². The molecule has 0 aromatic carbocycles. The summed E-state index contributed by atoms with van der Waals surface area (Å²) in [6.45, 7) is 3.97. The fourth-order valence-electron chi connectivity index (χ4n) is 1.63. The van der Waals surface area contributed by atoms with Gasteiger partial charge in [0.15, 0.2) is 0 Å². The molecule has 0 amide bonds. The summed E-state index contributed by atoms with van der Waals surface area (Å²) in [6.07, 6.45) is 10.0. The third-order valence-electron chi connectivity index (χ3n) is 2.60. The zero-order chi connectivity index (χ0) is 11.9. The Morgan fingerprint density at radius 1 is 1.35 bits per heavy atom. The summed E-state index contributed by atoms with van der Waals surface area (Å²) >= 11 is 0. The van der Waals surface area contributed by atoms with Crippen LogP contribution in [-0.2, 0) is 6.54 Å². The van der Waals surface area contributed by atoms with Gasteiger partial charge in [0.25, 0.3) is 0 Å². The molecule has 0 saturated carbocycles. The van der Waals surface area contributed by atoms with Crippen molar-refractivity contribution in [3.05, 3.63) is 42.7 Å². The van der Waals surface area contributed by atoms with E-state index in [1.165, 1.54) is 0 Å². The lowest BCUT2D eigenvalue weighted by Gasteiger charge is -2.12. The minimum absolute atomic E-state index is 0.237. The van der Waals surface area contributed by atoms with Crippen molar-refractivity contribution in [2.75, 3.05) is 6.54 Å². The van der Waals surface area contributed by atoms with E-state index >= 15 is 0 Å². The summed E-state index contributed by atoms with van der Waals surface area (Å²) in [5.41, 5.74) is 0.978. The van der Waals surface area contributed by atoms with Crippen molar-refractivity contribution in [3.63, 3.8) is 0 Å². The molecular weight excluding hydrogens is 214 g/mol. The molecule has 1 unspecified atom stereocenters. The average Bonchev–Trinajstić information content (AvgIpc) is 2.88. The summed E-state index contributed by atoms with van der Waals surface area (Å²) in [5.74, 6) is 0. The van der Waals surface area contributed by atoms with Crippen LogP contribution in [0.4, 0.5) is 0 Å². The van der Waals surface area contributed by atoms with Crippen LogP contribution in [0.2, 0.25) is 0 Å². The largest absolute Gasteiger partial charge is 0.309 e. The molecule has 5 nitrogen and oxygen atoms in total. The smallest absolute Gasteiger partial charge is 0.0753 e. The lowest BCUT2D eigenvalue weighted by atomic mass is 10.2. The predicted octanol–water partition coefficient (Wildman–Crippen LogP) is 1.41. The van der Waals surface area contributed by atoms with Crippen LogP contribution < -0.4 is 5.32 Å². The molecule has 90 valence electrons. The maximum Gasteiger partial charge on any atom is 0.0753 e. The van der Waals surface area contributed by atoms with E-state index in [4.69, 9.17) is 0 Å². The number of hydrogen-bond donors (Lipinski definition) is 1. The Bertz CT molecular complexity index is 412. The Morgan fingerprint density at radius 3 is 3.00 bits per heavy atom. The zero-order valence-corrected chi connectivity index (χ0v) is 9.95. The molecule has 0 aliphatic carbocycles. The van der Waals surface area contributed by atoms with E-state index in [-0.39, 0.29) is 6.04 Å². The van der Waals surface area contributed by atoms with Gasteiger partial charge in [-0.25, -0.2) is 0 Å². The van der Waals surface area contributed by atoms with Crippen LogP contribution in [0.3, 0.4) is 0 Å². The molecule has 1 N–H and O–H groups in total. The third-order valence-corrected chi connectivity index (χ3v) is 2.60. The van der Waals surface area contributed by atoms with E-state index in [0.717, 1.165) is 25.2 Å². The molecule has 0 radical (unpaired) electrons. The topological polar surface area (TPSA) is 55.6 Å². The highest BCUT2D eigenvalue weighted by molar-refractivity contribution is 5.00. The summed E-state index contributed by atoms with van der Waals surface area (Å²) in [4.78, 5) is 8.32. The average molecular weight is 231 g/mol. The minimum Gasteiger partial charge on any atom is -0.309 e. The SMILES string of the molecule is CC(NCCCn1cccn1)c1cnccn1. The maximum absolute atomic E-state index is 4.26. The van der Waals surface area contributed by atoms with Gasteiger partial charge in [-0.2, -0.15) is 5.10 Å². The molecule has 0 aliphatic rings. The molecule has 0 spiro atoms. The number of aryl methyl sites for hydroxylation is 1. The van der Waals surface area contributed by atoms with Crippen molar-refractivity contribution in [3.8, 4) is 0 Å². The maximum atomic E-state index is 4.26. The minimum atomic E-state index is 0.237. The van der Waals surface area contributed by atoms with Gasteiger partial charge < -0.3 is 5.32 Å². The number of aromatic nitrogens is 4. The van der Waals surface area contributed by atoms with Crippen LogP contribution in [0.15, 0.2) is 37.1 Å². The summed E-state index contributed by atoms with van der Waals surface area (Å²) in [6, 6.07) is 2.18. The molecule has 0 aliphatic heterocycles. The first-order valence-electron chi connectivity index (χ1n) is 5.83. The van der Waals surface area contributed by atoms with Gasteiger partial charge in [-0.05, 0) is 26.0 Å². The summed E-state index contributed by atoms with van der Waals surface area (Å²) < 4.78 is 1.94. The van der Waals surface area contributed by atoms with Crippen molar-refractivity contribution < 1.29 is 0 Å². The van der Waals surface area contributed by atoms with Crippen LogP contribution in [0.5, 0.6) is 0 Å². The van der Waals surface area contributed by atoms with Crippen LogP contribution >= 0.6 is 0 Å². The van der Waals surface area contributed by atoms with E-state index < -0.39 is 0 Å². The lowest BCUT2D eigenvalue weighted by molar-refractivity contribution is 0.500. The van der Waals surface area contributed by atoms with Gasteiger partial charge in [-0.3, -0.25) is 14.6 Å². The normalized spacial score (nSPS) is 12.5. The van der Waals surface area contributed by atoms with Crippen LogP contribution in [0.1, 0.15) is 25.1 Å². The van der Waals surface area contributed by atoms with Gasteiger partial charge in [0, 0.05) is 43.6 Å². The van der Waals surface area contributed by atoms with E-state index in [1.54, 1.807) is 24.8 Å². The molecule has 17 heavy (non-hydrogen) atoms. The van der Waals surface area contributed by atoms with E-state index in [1.807, 2.05) is 16.9 Å². The molecule has 2 aromatic rings. The Hall–Kier alpha value is -1.75. The molecule has 2 rings (SSSR count). The molecule has 2 aromatic heterocycles. The molecule has 1 atom stereocenters. The van der Waals surface area contributed by atoms with Crippen LogP contribution in [0, 0.1) is 0 Å². The first-order valence-corrected chi connectivity index (χ1v) is 5.83.